The number of aliphatic hydroxyl groups is 1. The number of hydrogen-bond acceptors (Lipinski definition) is 5. The van der Waals surface area contributed by atoms with Crippen LogP contribution in [0.3, 0.4) is 0 Å². The van der Waals surface area contributed by atoms with Crippen LogP contribution in [0.4, 0.5) is 0 Å². The molecule has 1 fully saturated rings. The normalized spacial score (nSPS) is 26.2. The van der Waals surface area contributed by atoms with Gasteiger partial charge in [0.05, 0.1) is 6.61 Å². The molecule has 0 spiro atoms. The molecule has 0 unspecified atom stereocenters. The quantitative estimate of drug-likeness (QED) is 0.334. The first-order chi connectivity index (χ1) is 9.08. The van der Waals surface area contributed by atoms with Crippen LogP contribution in [0.15, 0.2) is 39.1 Å². The average molecular weight is 265 g/mol. The van der Waals surface area contributed by atoms with Crippen molar-refractivity contribution in [3.63, 3.8) is 0 Å². The molecule has 2 rings (SSSR count). The van der Waals surface area contributed by atoms with E-state index in [1.165, 1.54) is 6.20 Å². The lowest BCUT2D eigenvalue weighted by molar-refractivity contribution is -0.0232. The highest BCUT2D eigenvalue weighted by molar-refractivity contribution is 5.18. The first-order valence-corrected chi connectivity index (χ1v) is 5.39. The molecule has 9 heteroatoms. The Balaban J connectivity index is 2.47. The summed E-state index contributed by atoms with van der Waals surface area (Å²) in [4.78, 5) is 27.4. The molecule has 1 aromatic rings. The lowest BCUT2D eigenvalue weighted by Gasteiger charge is -2.16. The van der Waals surface area contributed by atoms with Crippen LogP contribution in [0, 0.1) is 0 Å². The number of ether oxygens (including phenoxy) is 1. The van der Waals surface area contributed by atoms with Crippen molar-refractivity contribution >= 4 is 0 Å². The number of nitrogens with zero attached hydrogens (tertiary/aromatic N) is 4. The number of aliphatic hydroxyl groups excluding tert-OH is 1. The fourth-order valence-electron chi connectivity index (χ4n) is 1.90. The Labute approximate surface area is 106 Å². The van der Waals surface area contributed by atoms with Crippen molar-refractivity contribution in [1.82, 2.24) is 9.55 Å². The van der Waals surface area contributed by atoms with Crippen molar-refractivity contribution in [2.45, 2.75) is 18.4 Å². The molecule has 0 saturated carbocycles. The zero-order chi connectivity index (χ0) is 14.0. The van der Waals surface area contributed by atoms with Crippen LogP contribution in [0.1, 0.15) is 6.23 Å². The number of aromatic amines is 1. The maximum absolute atomic E-state index is 11.7. The average Bonchev–Trinajstić information content (AvgIpc) is 2.68. The summed E-state index contributed by atoms with van der Waals surface area (Å²) < 4.78 is 6.51. The zero-order valence-electron chi connectivity index (χ0n) is 9.76. The number of hydrogen-bond donors (Lipinski definition) is 2. The number of rotatable bonds is 3. The van der Waals surface area contributed by atoms with Gasteiger partial charge in [-0.15, -0.1) is 0 Å². The minimum Gasteiger partial charge on any atom is -0.393 e. The van der Waals surface area contributed by atoms with Crippen molar-refractivity contribution in [1.29, 1.82) is 0 Å². The summed E-state index contributed by atoms with van der Waals surface area (Å²) in [6.07, 6.45) is -0.428. The summed E-state index contributed by atoms with van der Waals surface area (Å²) in [6, 6.07) is 0.318. The van der Waals surface area contributed by atoms with Gasteiger partial charge in [-0.25, -0.2) is 4.79 Å². The van der Waals surface area contributed by atoms with Crippen LogP contribution >= 0.6 is 0 Å². The fraction of sp³-hybridized carbons (Fsp3) is 0.400. The molecule has 3 atom stereocenters. The molecule has 0 bridgehead atoms. The highest BCUT2D eigenvalue weighted by Gasteiger charge is 2.39. The van der Waals surface area contributed by atoms with E-state index in [2.05, 4.69) is 21.6 Å². The Kier molecular flexibility index (Phi) is 3.52. The molecule has 2 N–H and O–H groups in total. The molecule has 1 aliphatic heterocycles. The fourth-order valence-corrected chi connectivity index (χ4v) is 1.90. The lowest BCUT2D eigenvalue weighted by Crippen LogP contribution is -2.34. The number of nitrogens with one attached hydrogen (secondary N) is 1. The van der Waals surface area contributed by atoms with Gasteiger partial charge in [-0.3, -0.25) is 14.3 Å². The highest BCUT2D eigenvalue weighted by Crippen LogP contribution is 2.33. The molecular weight excluding hydrogens is 254 g/mol. The van der Waals surface area contributed by atoms with Gasteiger partial charge in [0.2, 0.25) is 0 Å². The standard InChI is InChI=1S/C10H11N5O4/c1-5-6(4-16)19-9(8(5)13-14-11)15-3-2-7(17)12-10(15)18/h2-3,6,8-9,16H,1,4H2,(H,12,17,18)/t6-,8-,9-/m1/s1. The minimum absolute atomic E-state index is 0.342. The van der Waals surface area contributed by atoms with E-state index in [4.69, 9.17) is 15.4 Å². The van der Waals surface area contributed by atoms with Gasteiger partial charge in [0.25, 0.3) is 5.56 Å². The smallest absolute Gasteiger partial charge is 0.330 e. The molecule has 1 saturated heterocycles. The van der Waals surface area contributed by atoms with Crippen molar-refractivity contribution < 1.29 is 9.84 Å². The molecule has 19 heavy (non-hydrogen) atoms. The van der Waals surface area contributed by atoms with E-state index in [1.807, 2.05) is 0 Å². The largest absolute Gasteiger partial charge is 0.393 e. The van der Waals surface area contributed by atoms with Gasteiger partial charge in [-0.1, -0.05) is 11.7 Å². The van der Waals surface area contributed by atoms with Gasteiger partial charge in [-0.2, -0.15) is 0 Å². The van der Waals surface area contributed by atoms with Crippen molar-refractivity contribution in [2.75, 3.05) is 6.61 Å². The third kappa shape index (κ3) is 2.29. The highest BCUT2D eigenvalue weighted by atomic mass is 16.5. The molecule has 1 aliphatic rings. The second kappa shape index (κ2) is 5.11. The molecule has 100 valence electrons. The van der Waals surface area contributed by atoms with Gasteiger partial charge in [0.15, 0.2) is 6.23 Å². The van der Waals surface area contributed by atoms with Crippen LogP contribution < -0.4 is 11.2 Å². The predicted molar refractivity (Wildman–Crippen MR) is 64.4 cm³/mol. The Hall–Kier alpha value is -2.35. The second-order valence-electron chi connectivity index (χ2n) is 3.94. The summed E-state index contributed by atoms with van der Waals surface area (Å²) in [7, 11) is 0. The van der Waals surface area contributed by atoms with Crippen LogP contribution in [0.5, 0.6) is 0 Å². The third-order valence-electron chi connectivity index (χ3n) is 2.83. The Morgan fingerprint density at radius 1 is 1.63 bits per heavy atom. The minimum atomic E-state index is -0.940. The summed E-state index contributed by atoms with van der Waals surface area (Å²) in [5.74, 6) is 0. The lowest BCUT2D eigenvalue weighted by atomic mass is 10.1. The van der Waals surface area contributed by atoms with Gasteiger partial charge in [0, 0.05) is 17.2 Å². The summed E-state index contributed by atoms with van der Waals surface area (Å²) in [5, 5.41) is 12.7. The molecular formula is C10H11N5O4. The van der Waals surface area contributed by atoms with Gasteiger partial charge in [0.1, 0.15) is 12.1 Å². The topological polar surface area (TPSA) is 133 Å². The predicted octanol–water partition coefficient (Wildman–Crippen LogP) is -0.339. The Bertz CT molecular complexity index is 656. The summed E-state index contributed by atoms with van der Waals surface area (Å²) in [6.45, 7) is 3.35. The molecule has 0 aromatic carbocycles. The SMILES string of the molecule is C=C1[C@@H](N=[N+]=[N-])[C@H](n2ccc(=O)[nH]c2=O)O[C@@H]1CO. The first-order valence-electron chi connectivity index (χ1n) is 5.39. The zero-order valence-corrected chi connectivity index (χ0v) is 9.76. The van der Waals surface area contributed by atoms with Gasteiger partial charge >= 0.3 is 5.69 Å². The van der Waals surface area contributed by atoms with Crippen LogP contribution in [0.2, 0.25) is 0 Å². The molecule has 0 radical (unpaired) electrons. The van der Waals surface area contributed by atoms with Crippen LogP contribution in [0.25, 0.3) is 10.4 Å². The van der Waals surface area contributed by atoms with Gasteiger partial charge < -0.3 is 9.84 Å². The third-order valence-corrected chi connectivity index (χ3v) is 2.83. The van der Waals surface area contributed by atoms with Crippen LogP contribution in [-0.2, 0) is 4.74 Å². The van der Waals surface area contributed by atoms with E-state index >= 15 is 0 Å². The molecule has 0 amide bonds. The first kappa shape index (κ1) is 13.1. The van der Waals surface area contributed by atoms with E-state index < -0.39 is 29.6 Å². The molecule has 1 aromatic heterocycles. The van der Waals surface area contributed by atoms with E-state index in [9.17, 15) is 9.59 Å². The van der Waals surface area contributed by atoms with Crippen molar-refractivity contribution in [3.8, 4) is 0 Å². The molecule has 2 heterocycles. The monoisotopic (exact) mass is 265 g/mol. The molecule has 0 aliphatic carbocycles. The Morgan fingerprint density at radius 2 is 2.37 bits per heavy atom. The maximum atomic E-state index is 11.7. The van der Waals surface area contributed by atoms with Gasteiger partial charge in [-0.05, 0) is 11.1 Å². The van der Waals surface area contributed by atoms with E-state index in [-0.39, 0.29) is 6.61 Å². The van der Waals surface area contributed by atoms with Crippen molar-refractivity contribution in [3.05, 3.63) is 55.7 Å². The van der Waals surface area contributed by atoms with Crippen molar-refractivity contribution in [2.24, 2.45) is 5.11 Å². The Morgan fingerprint density at radius 3 is 2.95 bits per heavy atom. The second-order valence-corrected chi connectivity index (χ2v) is 3.94. The summed E-state index contributed by atoms with van der Waals surface area (Å²) >= 11 is 0. The number of aromatic nitrogens is 2. The number of H-pyrrole nitrogens is 1. The number of azide groups is 1. The summed E-state index contributed by atoms with van der Waals surface area (Å²) in [5.41, 5.74) is 7.68. The van der Waals surface area contributed by atoms with Crippen LogP contribution in [-0.4, -0.2) is 33.4 Å². The van der Waals surface area contributed by atoms with E-state index in [0.717, 1.165) is 10.6 Å². The maximum Gasteiger partial charge on any atom is 0.330 e. The van der Waals surface area contributed by atoms with E-state index in [1.54, 1.807) is 0 Å². The van der Waals surface area contributed by atoms with E-state index in [0.29, 0.717) is 5.57 Å². The molecule has 9 nitrogen and oxygen atoms in total.